The van der Waals surface area contributed by atoms with Gasteiger partial charge in [-0.2, -0.15) is 0 Å². The SMILES string of the molecule is Cc1cc(CNc2c(C)cc(Br)cc2C)ccc1Br. The van der Waals surface area contributed by atoms with Gasteiger partial charge in [0.15, 0.2) is 0 Å². The summed E-state index contributed by atoms with van der Waals surface area (Å²) in [6, 6.07) is 10.7. The first-order valence-corrected chi connectivity index (χ1v) is 7.81. The third kappa shape index (κ3) is 3.61. The summed E-state index contributed by atoms with van der Waals surface area (Å²) >= 11 is 7.06. The summed E-state index contributed by atoms with van der Waals surface area (Å²) in [5, 5.41) is 3.54. The Morgan fingerprint density at radius 2 is 1.53 bits per heavy atom. The molecular formula is C16H17Br2N. The Balaban J connectivity index is 2.16. The second-order valence-electron chi connectivity index (χ2n) is 4.85. The van der Waals surface area contributed by atoms with E-state index in [1.807, 2.05) is 0 Å². The molecule has 2 rings (SSSR count). The van der Waals surface area contributed by atoms with Crippen molar-refractivity contribution in [3.05, 3.63) is 61.5 Å². The average Bonchev–Trinajstić information content (AvgIpc) is 2.32. The van der Waals surface area contributed by atoms with Crippen LogP contribution in [0.1, 0.15) is 22.3 Å². The zero-order valence-electron chi connectivity index (χ0n) is 11.3. The van der Waals surface area contributed by atoms with Gasteiger partial charge in [-0.05, 0) is 61.2 Å². The van der Waals surface area contributed by atoms with E-state index in [2.05, 4.69) is 88.3 Å². The van der Waals surface area contributed by atoms with E-state index >= 15 is 0 Å². The van der Waals surface area contributed by atoms with E-state index in [4.69, 9.17) is 0 Å². The minimum atomic E-state index is 0.845. The minimum absolute atomic E-state index is 0.845. The van der Waals surface area contributed by atoms with Crippen LogP contribution in [0.3, 0.4) is 0 Å². The Kier molecular flexibility index (Phi) is 4.69. The molecule has 100 valence electrons. The monoisotopic (exact) mass is 381 g/mol. The largest absolute Gasteiger partial charge is 0.381 e. The molecule has 2 aromatic rings. The van der Waals surface area contributed by atoms with Crippen LogP contribution in [0.25, 0.3) is 0 Å². The van der Waals surface area contributed by atoms with E-state index in [9.17, 15) is 0 Å². The van der Waals surface area contributed by atoms with E-state index in [1.165, 1.54) is 27.9 Å². The van der Waals surface area contributed by atoms with E-state index in [0.29, 0.717) is 0 Å². The molecule has 0 saturated heterocycles. The molecule has 1 nitrogen and oxygen atoms in total. The molecule has 19 heavy (non-hydrogen) atoms. The average molecular weight is 383 g/mol. The number of anilines is 1. The van der Waals surface area contributed by atoms with Gasteiger partial charge in [-0.3, -0.25) is 0 Å². The summed E-state index contributed by atoms with van der Waals surface area (Å²) in [6.07, 6.45) is 0. The smallest absolute Gasteiger partial charge is 0.0403 e. The lowest BCUT2D eigenvalue weighted by atomic mass is 10.1. The standard InChI is InChI=1S/C16H17Br2N/c1-10-6-13(4-5-15(10)18)9-19-16-11(2)7-14(17)8-12(16)3/h4-8,19H,9H2,1-3H3. The van der Waals surface area contributed by atoms with Gasteiger partial charge in [-0.1, -0.05) is 44.0 Å². The molecule has 0 aliphatic carbocycles. The summed E-state index contributed by atoms with van der Waals surface area (Å²) in [4.78, 5) is 0. The molecule has 0 atom stereocenters. The summed E-state index contributed by atoms with van der Waals surface area (Å²) < 4.78 is 2.29. The Morgan fingerprint density at radius 3 is 2.11 bits per heavy atom. The van der Waals surface area contributed by atoms with E-state index in [-0.39, 0.29) is 0 Å². The van der Waals surface area contributed by atoms with Crippen molar-refractivity contribution in [3.8, 4) is 0 Å². The zero-order valence-corrected chi connectivity index (χ0v) is 14.5. The van der Waals surface area contributed by atoms with Crippen LogP contribution >= 0.6 is 31.9 Å². The van der Waals surface area contributed by atoms with Crippen molar-refractivity contribution in [1.29, 1.82) is 0 Å². The first-order valence-electron chi connectivity index (χ1n) is 6.23. The van der Waals surface area contributed by atoms with Gasteiger partial charge in [-0.15, -0.1) is 0 Å². The summed E-state index contributed by atoms with van der Waals surface area (Å²) in [6.45, 7) is 7.22. The first-order chi connectivity index (χ1) is 8.97. The summed E-state index contributed by atoms with van der Waals surface area (Å²) in [5.74, 6) is 0. The maximum atomic E-state index is 3.54. The first kappa shape index (κ1) is 14.6. The van der Waals surface area contributed by atoms with Gasteiger partial charge in [-0.25, -0.2) is 0 Å². The summed E-state index contributed by atoms with van der Waals surface area (Å²) in [7, 11) is 0. The van der Waals surface area contributed by atoms with Gasteiger partial charge in [0, 0.05) is 21.2 Å². The van der Waals surface area contributed by atoms with Crippen LogP contribution in [-0.4, -0.2) is 0 Å². The number of benzene rings is 2. The van der Waals surface area contributed by atoms with Crippen molar-refractivity contribution in [3.63, 3.8) is 0 Å². The fourth-order valence-electron chi connectivity index (χ4n) is 2.20. The van der Waals surface area contributed by atoms with Crippen LogP contribution in [-0.2, 0) is 6.54 Å². The topological polar surface area (TPSA) is 12.0 Å². The van der Waals surface area contributed by atoms with Crippen LogP contribution in [0.4, 0.5) is 5.69 Å². The van der Waals surface area contributed by atoms with Crippen molar-refractivity contribution >= 4 is 37.5 Å². The number of halogens is 2. The molecule has 0 radical (unpaired) electrons. The van der Waals surface area contributed by atoms with Crippen molar-refractivity contribution in [2.75, 3.05) is 5.32 Å². The van der Waals surface area contributed by atoms with Crippen LogP contribution in [0.5, 0.6) is 0 Å². The van der Waals surface area contributed by atoms with Gasteiger partial charge in [0.05, 0.1) is 0 Å². The Labute approximate surface area is 131 Å². The number of nitrogens with one attached hydrogen (secondary N) is 1. The number of rotatable bonds is 3. The molecule has 0 spiro atoms. The van der Waals surface area contributed by atoms with E-state index < -0.39 is 0 Å². The van der Waals surface area contributed by atoms with Crippen molar-refractivity contribution in [2.24, 2.45) is 0 Å². The zero-order chi connectivity index (χ0) is 14.0. The molecule has 0 bridgehead atoms. The Hall–Kier alpha value is -0.800. The van der Waals surface area contributed by atoms with Crippen molar-refractivity contribution in [2.45, 2.75) is 27.3 Å². The fourth-order valence-corrected chi connectivity index (χ4v) is 3.13. The summed E-state index contributed by atoms with van der Waals surface area (Å²) in [5.41, 5.74) is 6.32. The second-order valence-corrected chi connectivity index (χ2v) is 6.62. The van der Waals surface area contributed by atoms with Gasteiger partial charge >= 0.3 is 0 Å². The van der Waals surface area contributed by atoms with E-state index in [0.717, 1.165) is 15.5 Å². The van der Waals surface area contributed by atoms with Gasteiger partial charge in [0.25, 0.3) is 0 Å². The predicted octanol–water partition coefficient (Wildman–Crippen LogP) is 5.75. The van der Waals surface area contributed by atoms with Crippen LogP contribution in [0, 0.1) is 20.8 Å². The van der Waals surface area contributed by atoms with Crippen LogP contribution in [0.2, 0.25) is 0 Å². The van der Waals surface area contributed by atoms with Crippen molar-refractivity contribution in [1.82, 2.24) is 0 Å². The quantitative estimate of drug-likeness (QED) is 0.712. The normalized spacial score (nSPS) is 10.6. The Bertz CT molecular complexity index is 583. The van der Waals surface area contributed by atoms with Crippen LogP contribution < -0.4 is 5.32 Å². The number of hydrogen-bond acceptors (Lipinski definition) is 1. The highest BCUT2D eigenvalue weighted by molar-refractivity contribution is 9.10. The second kappa shape index (κ2) is 6.10. The molecule has 0 saturated carbocycles. The van der Waals surface area contributed by atoms with E-state index in [1.54, 1.807) is 0 Å². The van der Waals surface area contributed by atoms with Crippen molar-refractivity contribution < 1.29 is 0 Å². The van der Waals surface area contributed by atoms with Gasteiger partial charge < -0.3 is 5.32 Å². The van der Waals surface area contributed by atoms with Gasteiger partial charge in [0.2, 0.25) is 0 Å². The lowest BCUT2D eigenvalue weighted by Crippen LogP contribution is -2.03. The Morgan fingerprint density at radius 1 is 0.895 bits per heavy atom. The predicted molar refractivity (Wildman–Crippen MR) is 89.8 cm³/mol. The molecule has 0 aliphatic heterocycles. The third-order valence-corrected chi connectivity index (χ3v) is 4.54. The molecule has 0 unspecified atom stereocenters. The molecule has 3 heteroatoms. The molecular weight excluding hydrogens is 366 g/mol. The highest BCUT2D eigenvalue weighted by Gasteiger charge is 2.04. The molecule has 0 heterocycles. The fraction of sp³-hybridized carbons (Fsp3) is 0.250. The lowest BCUT2D eigenvalue weighted by molar-refractivity contribution is 1.12. The lowest BCUT2D eigenvalue weighted by Gasteiger charge is -2.14. The number of hydrogen-bond donors (Lipinski definition) is 1. The third-order valence-electron chi connectivity index (χ3n) is 3.19. The highest BCUT2D eigenvalue weighted by Crippen LogP contribution is 2.26. The molecule has 0 fully saturated rings. The number of aryl methyl sites for hydroxylation is 3. The maximum Gasteiger partial charge on any atom is 0.0403 e. The minimum Gasteiger partial charge on any atom is -0.381 e. The highest BCUT2D eigenvalue weighted by atomic mass is 79.9. The van der Waals surface area contributed by atoms with Crippen LogP contribution in [0.15, 0.2) is 39.3 Å². The molecule has 0 amide bonds. The maximum absolute atomic E-state index is 3.54. The van der Waals surface area contributed by atoms with Gasteiger partial charge in [0.1, 0.15) is 0 Å². The molecule has 1 N–H and O–H groups in total. The molecule has 2 aromatic carbocycles. The molecule has 0 aromatic heterocycles. The molecule has 0 aliphatic rings.